The highest BCUT2D eigenvalue weighted by atomic mass is 16.4. The highest BCUT2D eigenvalue weighted by molar-refractivity contribution is 5.27. The van der Waals surface area contributed by atoms with Gasteiger partial charge in [0.1, 0.15) is 18.8 Å². The molecule has 0 aliphatic rings. The summed E-state index contributed by atoms with van der Waals surface area (Å²) in [6.45, 7) is 1.95. The minimum absolute atomic E-state index is 0.300. The Labute approximate surface area is 178 Å². The zero-order valence-corrected chi connectivity index (χ0v) is 18.3. The van der Waals surface area contributed by atoms with Crippen LogP contribution in [0.2, 0.25) is 0 Å². The predicted molar refractivity (Wildman–Crippen MR) is 120 cm³/mol. The number of hydrogen-bond donors (Lipinski definition) is 4. The fourth-order valence-corrected chi connectivity index (χ4v) is 3.08. The maximum Gasteiger partial charge on any atom is 0.144 e. The number of aliphatic hydroxyl groups is 4. The van der Waals surface area contributed by atoms with E-state index in [0.29, 0.717) is 6.42 Å². The van der Waals surface area contributed by atoms with Gasteiger partial charge in [-0.2, -0.15) is 0 Å². The molecule has 0 spiro atoms. The molecule has 3 atom stereocenters. The smallest absolute Gasteiger partial charge is 0.144 e. The van der Waals surface area contributed by atoms with Gasteiger partial charge < -0.3 is 20.4 Å². The molecule has 0 fully saturated rings. The summed E-state index contributed by atoms with van der Waals surface area (Å²) >= 11 is 0. The molecule has 4 N–H and O–H groups in total. The summed E-state index contributed by atoms with van der Waals surface area (Å²) in [4.78, 5) is 0. The molecule has 29 heavy (non-hydrogen) atoms. The average Bonchev–Trinajstić information content (AvgIpc) is 2.73. The lowest BCUT2D eigenvalue weighted by molar-refractivity contribution is -0.0415. The molecule has 0 aliphatic heterocycles. The summed E-state index contributed by atoms with van der Waals surface area (Å²) in [7, 11) is 0. The topological polar surface area (TPSA) is 80.9 Å². The van der Waals surface area contributed by atoms with Gasteiger partial charge >= 0.3 is 0 Å². The molecule has 4 nitrogen and oxygen atoms in total. The highest BCUT2D eigenvalue weighted by Gasteiger charge is 2.22. The first-order valence-electron chi connectivity index (χ1n) is 11.4. The van der Waals surface area contributed by atoms with Crippen LogP contribution in [-0.2, 0) is 0 Å². The Hall–Kier alpha value is -1.30. The Balaban J connectivity index is 3.57. The SMILES string of the molecule is CCCCCCCC/C=C\CCCCCCC[C@H](O)[C@@H](O)[C@H](O)C#CC#CCO. The molecule has 0 unspecified atom stereocenters. The number of rotatable bonds is 17. The zero-order chi connectivity index (χ0) is 21.6. The van der Waals surface area contributed by atoms with Gasteiger partial charge in [-0.05, 0) is 43.9 Å². The van der Waals surface area contributed by atoms with Crippen molar-refractivity contribution in [2.45, 2.75) is 115 Å². The number of aliphatic hydroxyl groups excluding tert-OH is 4. The van der Waals surface area contributed by atoms with E-state index in [4.69, 9.17) is 5.11 Å². The van der Waals surface area contributed by atoms with E-state index in [2.05, 4.69) is 42.8 Å². The molecular formula is C25H42O4. The molecule has 0 aromatic carbocycles. The van der Waals surface area contributed by atoms with Crippen molar-refractivity contribution in [3.05, 3.63) is 12.2 Å². The van der Waals surface area contributed by atoms with Crippen molar-refractivity contribution < 1.29 is 20.4 Å². The molecule has 166 valence electrons. The van der Waals surface area contributed by atoms with E-state index in [9.17, 15) is 15.3 Å². The summed E-state index contributed by atoms with van der Waals surface area (Å²) in [5.41, 5.74) is 0. The van der Waals surface area contributed by atoms with Crippen LogP contribution in [0.3, 0.4) is 0 Å². The molecular weight excluding hydrogens is 364 g/mol. The summed E-state index contributed by atoms with van der Waals surface area (Å²) in [6.07, 6.45) is 17.2. The number of allylic oxidation sites excluding steroid dienone is 2. The van der Waals surface area contributed by atoms with Crippen LogP contribution in [0.1, 0.15) is 96.8 Å². The van der Waals surface area contributed by atoms with Crippen LogP contribution >= 0.6 is 0 Å². The van der Waals surface area contributed by atoms with Gasteiger partial charge in [-0.25, -0.2) is 0 Å². The summed E-state index contributed by atoms with van der Waals surface area (Å²) in [6, 6.07) is 0. The van der Waals surface area contributed by atoms with Crippen molar-refractivity contribution in [2.75, 3.05) is 6.61 Å². The van der Waals surface area contributed by atoms with Crippen LogP contribution in [0.4, 0.5) is 0 Å². The molecule has 0 amide bonds. The van der Waals surface area contributed by atoms with Crippen LogP contribution in [-0.4, -0.2) is 45.3 Å². The third-order valence-electron chi connectivity index (χ3n) is 4.93. The number of hydrogen-bond acceptors (Lipinski definition) is 4. The molecule has 0 aromatic heterocycles. The molecule has 0 aliphatic carbocycles. The highest BCUT2D eigenvalue weighted by Crippen LogP contribution is 2.13. The molecule has 0 rings (SSSR count). The Morgan fingerprint density at radius 3 is 1.86 bits per heavy atom. The van der Waals surface area contributed by atoms with Crippen molar-refractivity contribution >= 4 is 0 Å². The normalized spacial score (nSPS) is 14.0. The maximum atomic E-state index is 9.93. The monoisotopic (exact) mass is 406 g/mol. The van der Waals surface area contributed by atoms with Gasteiger partial charge in [-0.1, -0.05) is 88.7 Å². The molecule has 4 heteroatoms. The molecule has 0 bridgehead atoms. The van der Waals surface area contributed by atoms with E-state index in [1.807, 2.05) is 0 Å². The summed E-state index contributed by atoms with van der Waals surface area (Å²) < 4.78 is 0. The van der Waals surface area contributed by atoms with Crippen molar-refractivity contribution in [1.82, 2.24) is 0 Å². The van der Waals surface area contributed by atoms with Crippen LogP contribution in [0.25, 0.3) is 0 Å². The zero-order valence-electron chi connectivity index (χ0n) is 18.3. The van der Waals surface area contributed by atoms with E-state index >= 15 is 0 Å². The minimum atomic E-state index is -1.33. The quantitative estimate of drug-likeness (QED) is 0.166. The predicted octanol–water partition coefficient (Wildman–Crippen LogP) is 4.11. The Morgan fingerprint density at radius 1 is 0.724 bits per heavy atom. The molecule has 0 radical (unpaired) electrons. The lowest BCUT2D eigenvalue weighted by atomic mass is 10.0. The molecule has 0 aromatic rings. The van der Waals surface area contributed by atoms with Gasteiger partial charge in [-0.15, -0.1) is 0 Å². The van der Waals surface area contributed by atoms with Crippen molar-refractivity contribution in [1.29, 1.82) is 0 Å². The standard InChI is InChI=1S/C25H42O4/c1-2-3-4-5-6-7-8-9-10-11-12-13-14-15-17-20-23(27)25(29)24(28)21-18-16-19-22-26/h9-10,23-29H,2-8,11-15,17,20,22H2,1H3/b10-9-/t23-,24+,25+/m0/s1. The van der Waals surface area contributed by atoms with Gasteiger partial charge in [0, 0.05) is 0 Å². The van der Waals surface area contributed by atoms with Crippen LogP contribution < -0.4 is 0 Å². The first-order chi connectivity index (χ1) is 14.1. The fourth-order valence-electron chi connectivity index (χ4n) is 3.08. The van der Waals surface area contributed by atoms with Gasteiger partial charge in [0.05, 0.1) is 6.10 Å². The second-order valence-electron chi connectivity index (χ2n) is 7.60. The maximum absolute atomic E-state index is 9.93. The van der Waals surface area contributed by atoms with E-state index in [-0.39, 0.29) is 6.61 Å². The largest absolute Gasteiger partial charge is 0.390 e. The number of unbranched alkanes of at least 4 members (excludes halogenated alkanes) is 11. The van der Waals surface area contributed by atoms with Crippen LogP contribution in [0.15, 0.2) is 12.2 Å². The minimum Gasteiger partial charge on any atom is -0.390 e. The van der Waals surface area contributed by atoms with E-state index < -0.39 is 18.3 Å². The van der Waals surface area contributed by atoms with Gasteiger partial charge in [0.2, 0.25) is 0 Å². The third-order valence-corrected chi connectivity index (χ3v) is 4.93. The second-order valence-corrected chi connectivity index (χ2v) is 7.60. The Morgan fingerprint density at radius 2 is 1.28 bits per heavy atom. The summed E-state index contributed by atoms with van der Waals surface area (Å²) in [5.74, 6) is 9.37. The fraction of sp³-hybridized carbons (Fsp3) is 0.760. The Bertz CT molecular complexity index is 506. The van der Waals surface area contributed by atoms with Crippen LogP contribution in [0, 0.1) is 23.7 Å². The lowest BCUT2D eigenvalue weighted by Gasteiger charge is -2.19. The summed E-state index contributed by atoms with van der Waals surface area (Å²) in [5, 5.41) is 38.0. The molecule has 0 saturated carbocycles. The van der Waals surface area contributed by atoms with Gasteiger partial charge in [0.15, 0.2) is 0 Å². The van der Waals surface area contributed by atoms with Crippen LogP contribution in [0.5, 0.6) is 0 Å². The first kappa shape index (κ1) is 27.7. The van der Waals surface area contributed by atoms with Crippen molar-refractivity contribution in [2.24, 2.45) is 0 Å². The second kappa shape index (κ2) is 21.4. The van der Waals surface area contributed by atoms with E-state index in [1.54, 1.807) is 0 Å². The van der Waals surface area contributed by atoms with Gasteiger partial charge in [-0.3, -0.25) is 0 Å². The van der Waals surface area contributed by atoms with Crippen molar-refractivity contribution in [3.63, 3.8) is 0 Å². The third kappa shape index (κ3) is 18.5. The molecule has 0 saturated heterocycles. The van der Waals surface area contributed by atoms with Crippen molar-refractivity contribution in [3.8, 4) is 23.7 Å². The average molecular weight is 407 g/mol. The first-order valence-corrected chi connectivity index (χ1v) is 11.4. The molecule has 0 heterocycles. The van der Waals surface area contributed by atoms with E-state index in [1.165, 1.54) is 57.8 Å². The van der Waals surface area contributed by atoms with E-state index in [0.717, 1.165) is 25.7 Å². The lowest BCUT2D eigenvalue weighted by Crippen LogP contribution is -2.36. The Kier molecular flexibility index (Phi) is 20.5. The van der Waals surface area contributed by atoms with Gasteiger partial charge in [0.25, 0.3) is 0 Å².